The molecule has 0 aliphatic rings. The van der Waals surface area contributed by atoms with Gasteiger partial charge in [-0.05, 0) is 60.5 Å². The molecule has 2 aromatic carbocycles. The van der Waals surface area contributed by atoms with E-state index in [-0.39, 0.29) is 16.6 Å². The number of sulfone groups is 1. The Morgan fingerprint density at radius 1 is 1.07 bits per heavy atom. The van der Waals surface area contributed by atoms with Crippen LogP contribution in [0.1, 0.15) is 10.4 Å². The molecule has 3 rings (SSSR count). The van der Waals surface area contributed by atoms with Crippen molar-refractivity contribution in [2.75, 3.05) is 11.6 Å². The van der Waals surface area contributed by atoms with E-state index >= 15 is 0 Å². The maximum atomic E-state index is 13.0. The molecule has 144 valence electrons. The van der Waals surface area contributed by atoms with Crippen LogP contribution >= 0.6 is 11.3 Å². The number of hydrogen-bond acceptors (Lipinski definition) is 4. The SMILES string of the molecule is Cc1ccc(S(C)(=O)=O)cc1NC(=O)/C=C/c1ccc(-c2ccc(F)cc2)s1. The standard InChI is InChI=1S/C21H18FNO3S2/c1-14-3-10-18(28(2,25)26)13-19(14)23-21(24)12-9-17-8-11-20(27-17)15-4-6-16(22)7-5-15/h3-13H,1-2H3,(H,23,24)/b12-9+. The monoisotopic (exact) mass is 415 g/mol. The largest absolute Gasteiger partial charge is 0.322 e. The summed E-state index contributed by atoms with van der Waals surface area (Å²) in [5.41, 5.74) is 2.13. The second kappa shape index (κ2) is 8.08. The van der Waals surface area contributed by atoms with E-state index in [1.54, 1.807) is 31.2 Å². The molecule has 0 atom stereocenters. The third-order valence-electron chi connectivity index (χ3n) is 4.05. The van der Waals surface area contributed by atoms with Crippen LogP contribution in [0.4, 0.5) is 10.1 Å². The van der Waals surface area contributed by atoms with Crippen molar-refractivity contribution in [1.29, 1.82) is 0 Å². The molecule has 0 unspecified atom stereocenters. The molecule has 0 bridgehead atoms. The predicted octanol–water partition coefficient (Wildman–Crippen LogP) is 4.92. The van der Waals surface area contributed by atoms with Crippen LogP contribution in [0.15, 0.2) is 65.6 Å². The molecule has 1 aromatic heterocycles. The number of carbonyl (C=O) groups is 1. The van der Waals surface area contributed by atoms with Gasteiger partial charge >= 0.3 is 0 Å². The van der Waals surface area contributed by atoms with Gasteiger partial charge in [0.1, 0.15) is 5.82 Å². The highest BCUT2D eigenvalue weighted by Crippen LogP contribution is 2.29. The van der Waals surface area contributed by atoms with Gasteiger partial charge in [-0.25, -0.2) is 12.8 Å². The van der Waals surface area contributed by atoms with Gasteiger partial charge in [0.05, 0.1) is 4.90 Å². The highest BCUT2D eigenvalue weighted by atomic mass is 32.2. The number of hydrogen-bond donors (Lipinski definition) is 1. The first-order valence-electron chi connectivity index (χ1n) is 8.38. The lowest BCUT2D eigenvalue weighted by molar-refractivity contribution is -0.111. The topological polar surface area (TPSA) is 63.2 Å². The van der Waals surface area contributed by atoms with Crippen LogP contribution in [0, 0.1) is 12.7 Å². The van der Waals surface area contributed by atoms with Crippen molar-refractivity contribution in [2.24, 2.45) is 0 Å². The van der Waals surface area contributed by atoms with Crippen LogP contribution in [0.3, 0.4) is 0 Å². The number of aryl methyl sites for hydroxylation is 1. The first-order chi connectivity index (χ1) is 13.2. The lowest BCUT2D eigenvalue weighted by Gasteiger charge is -2.08. The predicted molar refractivity (Wildman–Crippen MR) is 112 cm³/mol. The molecule has 7 heteroatoms. The number of halogens is 1. The van der Waals surface area contributed by atoms with Gasteiger partial charge in [-0.15, -0.1) is 11.3 Å². The van der Waals surface area contributed by atoms with E-state index < -0.39 is 9.84 Å². The van der Waals surface area contributed by atoms with Crippen molar-refractivity contribution in [1.82, 2.24) is 0 Å². The molecule has 0 saturated carbocycles. The second-order valence-electron chi connectivity index (χ2n) is 6.28. The third kappa shape index (κ3) is 4.94. The van der Waals surface area contributed by atoms with Crippen molar-refractivity contribution >= 4 is 38.8 Å². The van der Waals surface area contributed by atoms with Crippen LogP contribution < -0.4 is 5.32 Å². The van der Waals surface area contributed by atoms with E-state index in [1.807, 2.05) is 12.1 Å². The van der Waals surface area contributed by atoms with Gasteiger partial charge in [0, 0.05) is 27.8 Å². The number of amides is 1. The molecule has 4 nitrogen and oxygen atoms in total. The molecular weight excluding hydrogens is 397 g/mol. The summed E-state index contributed by atoms with van der Waals surface area (Å²) >= 11 is 1.48. The molecule has 0 fully saturated rings. The average molecular weight is 416 g/mol. The average Bonchev–Trinajstić information content (AvgIpc) is 3.10. The minimum atomic E-state index is -3.35. The van der Waals surface area contributed by atoms with E-state index in [4.69, 9.17) is 0 Å². The van der Waals surface area contributed by atoms with Crippen molar-refractivity contribution < 1.29 is 17.6 Å². The van der Waals surface area contributed by atoms with Crippen LogP contribution in [0.5, 0.6) is 0 Å². The molecule has 1 heterocycles. The zero-order chi connectivity index (χ0) is 20.3. The fourth-order valence-corrected chi connectivity index (χ4v) is 4.07. The van der Waals surface area contributed by atoms with Gasteiger partial charge in [-0.3, -0.25) is 4.79 Å². The van der Waals surface area contributed by atoms with E-state index in [0.717, 1.165) is 27.1 Å². The highest BCUT2D eigenvalue weighted by molar-refractivity contribution is 7.90. The number of nitrogens with one attached hydrogen (secondary N) is 1. The summed E-state index contributed by atoms with van der Waals surface area (Å²) in [6.07, 6.45) is 4.20. The lowest BCUT2D eigenvalue weighted by atomic mass is 10.2. The lowest BCUT2D eigenvalue weighted by Crippen LogP contribution is -2.10. The Kier molecular flexibility index (Phi) is 5.76. The second-order valence-corrected chi connectivity index (χ2v) is 9.41. The summed E-state index contributed by atoms with van der Waals surface area (Å²) in [4.78, 5) is 14.2. The molecular formula is C21H18FNO3S2. The Hall–Kier alpha value is -2.77. The smallest absolute Gasteiger partial charge is 0.248 e. The Balaban J connectivity index is 1.72. The van der Waals surface area contributed by atoms with Crippen molar-refractivity contribution in [3.8, 4) is 10.4 Å². The number of thiophene rings is 1. The molecule has 0 saturated heterocycles. The van der Waals surface area contributed by atoms with Crippen molar-refractivity contribution in [3.63, 3.8) is 0 Å². The van der Waals surface area contributed by atoms with Gasteiger partial charge < -0.3 is 5.32 Å². The Morgan fingerprint density at radius 2 is 1.79 bits per heavy atom. The summed E-state index contributed by atoms with van der Waals surface area (Å²) in [7, 11) is -3.35. The normalized spacial score (nSPS) is 11.7. The first-order valence-corrected chi connectivity index (χ1v) is 11.1. The van der Waals surface area contributed by atoms with Gasteiger partial charge in [-0.2, -0.15) is 0 Å². The van der Waals surface area contributed by atoms with Gasteiger partial charge in [0.25, 0.3) is 0 Å². The molecule has 28 heavy (non-hydrogen) atoms. The molecule has 0 radical (unpaired) electrons. The van der Waals surface area contributed by atoms with Crippen molar-refractivity contribution in [3.05, 3.63) is 76.9 Å². The minimum absolute atomic E-state index is 0.152. The van der Waals surface area contributed by atoms with Crippen molar-refractivity contribution in [2.45, 2.75) is 11.8 Å². The Labute approximate surface area is 167 Å². The van der Waals surface area contributed by atoms with Gasteiger partial charge in [0.2, 0.25) is 5.91 Å². The maximum Gasteiger partial charge on any atom is 0.248 e. The first kappa shape index (κ1) is 20.0. The molecule has 1 amide bonds. The zero-order valence-electron chi connectivity index (χ0n) is 15.3. The molecule has 3 aromatic rings. The van der Waals surface area contributed by atoms with E-state index in [2.05, 4.69) is 5.32 Å². The molecule has 1 N–H and O–H groups in total. The van der Waals surface area contributed by atoms with Gasteiger partial charge in [0.15, 0.2) is 9.84 Å². The maximum absolute atomic E-state index is 13.0. The minimum Gasteiger partial charge on any atom is -0.322 e. The van der Waals surface area contributed by atoms with Crippen LogP contribution in [0.25, 0.3) is 16.5 Å². The number of carbonyl (C=O) groups excluding carboxylic acids is 1. The Morgan fingerprint density at radius 3 is 2.46 bits per heavy atom. The number of rotatable bonds is 5. The van der Waals surface area contributed by atoms with Crippen LogP contribution in [-0.2, 0) is 14.6 Å². The summed E-state index contributed by atoms with van der Waals surface area (Å²) in [6, 6.07) is 14.6. The van der Waals surface area contributed by atoms with E-state index in [9.17, 15) is 17.6 Å². The van der Waals surface area contributed by atoms with E-state index in [0.29, 0.717) is 5.69 Å². The van der Waals surface area contributed by atoms with Crippen LogP contribution in [-0.4, -0.2) is 20.6 Å². The molecule has 0 aliphatic heterocycles. The van der Waals surface area contributed by atoms with Crippen LogP contribution in [0.2, 0.25) is 0 Å². The fourth-order valence-electron chi connectivity index (χ4n) is 2.51. The summed E-state index contributed by atoms with van der Waals surface area (Å²) < 4.78 is 36.4. The quantitative estimate of drug-likeness (QED) is 0.602. The third-order valence-corrected chi connectivity index (χ3v) is 6.26. The number of benzene rings is 2. The molecule has 0 aliphatic carbocycles. The summed E-state index contributed by atoms with van der Waals surface area (Å²) in [6.45, 7) is 1.79. The fraction of sp³-hybridized carbons (Fsp3) is 0.0952. The summed E-state index contributed by atoms with van der Waals surface area (Å²) in [5.74, 6) is -0.641. The van der Waals surface area contributed by atoms with E-state index in [1.165, 1.54) is 41.7 Å². The summed E-state index contributed by atoms with van der Waals surface area (Å²) in [5, 5.41) is 2.71. The zero-order valence-corrected chi connectivity index (χ0v) is 16.9. The molecule has 0 spiro atoms. The Bertz CT molecular complexity index is 1150. The highest BCUT2D eigenvalue weighted by Gasteiger charge is 2.10. The number of anilines is 1. The van der Waals surface area contributed by atoms with Gasteiger partial charge in [-0.1, -0.05) is 18.2 Å².